The molecule has 1 aromatic carbocycles. The van der Waals surface area contributed by atoms with Crippen LogP contribution in [0, 0.1) is 0 Å². The Balaban J connectivity index is 1.51. The van der Waals surface area contributed by atoms with Crippen molar-refractivity contribution in [1.82, 2.24) is 25.0 Å². The Labute approximate surface area is 203 Å². The molecule has 3 amide bonds. The third kappa shape index (κ3) is 5.92. The first kappa shape index (κ1) is 24.1. The van der Waals surface area contributed by atoms with Gasteiger partial charge in [0.2, 0.25) is 11.9 Å². The summed E-state index contributed by atoms with van der Waals surface area (Å²) in [5.41, 5.74) is 6.49. The number of carbonyl (C=O) groups excluding carboxylic acids is 3. The second kappa shape index (κ2) is 10.9. The average Bonchev–Trinajstić information content (AvgIpc) is 2.88. The first-order valence-electron chi connectivity index (χ1n) is 11.8. The Hall–Kier alpha value is -4.02. The molecule has 0 bridgehead atoms. The van der Waals surface area contributed by atoms with Crippen molar-refractivity contribution in [2.24, 2.45) is 5.73 Å². The molecule has 4 N–H and O–H groups in total. The van der Waals surface area contributed by atoms with Crippen LogP contribution >= 0.6 is 0 Å². The van der Waals surface area contributed by atoms with Gasteiger partial charge in [0.05, 0.1) is 0 Å². The quantitative estimate of drug-likeness (QED) is 0.512. The fourth-order valence-corrected chi connectivity index (χ4v) is 4.39. The summed E-state index contributed by atoms with van der Waals surface area (Å²) in [6, 6.07) is 6.95. The average molecular weight is 479 g/mol. The number of aromatic nitrogens is 3. The zero-order valence-corrected chi connectivity index (χ0v) is 19.6. The van der Waals surface area contributed by atoms with Crippen LogP contribution in [0.3, 0.4) is 0 Å². The van der Waals surface area contributed by atoms with Crippen LogP contribution in [0.25, 0.3) is 0 Å². The third-order valence-corrected chi connectivity index (χ3v) is 6.18. The fraction of sp³-hybridized carbons (Fsp3) is 0.417. The van der Waals surface area contributed by atoms with E-state index in [0.29, 0.717) is 24.3 Å². The molecule has 2 aliphatic rings. The number of nitrogens with two attached hydrogens (primary N) is 1. The van der Waals surface area contributed by atoms with E-state index in [4.69, 9.17) is 5.73 Å². The second-order valence-corrected chi connectivity index (χ2v) is 8.73. The lowest BCUT2D eigenvalue weighted by molar-refractivity contribution is -0.127. The summed E-state index contributed by atoms with van der Waals surface area (Å²) in [5, 5.41) is 14.2. The Morgan fingerprint density at radius 1 is 1.06 bits per heavy atom. The van der Waals surface area contributed by atoms with Gasteiger partial charge in [0.25, 0.3) is 11.8 Å². The predicted octanol–water partition coefficient (Wildman–Crippen LogP) is 1.93. The van der Waals surface area contributed by atoms with E-state index < -0.39 is 5.91 Å². The highest BCUT2D eigenvalue weighted by Gasteiger charge is 2.24. The number of hydrogen-bond acceptors (Lipinski definition) is 8. The molecule has 11 nitrogen and oxygen atoms in total. The largest absolute Gasteiger partial charge is 0.364 e. The number of rotatable bonds is 7. The van der Waals surface area contributed by atoms with Gasteiger partial charge in [-0.2, -0.15) is 4.98 Å². The van der Waals surface area contributed by atoms with Crippen LogP contribution in [0.2, 0.25) is 0 Å². The highest BCUT2D eigenvalue weighted by atomic mass is 16.2. The summed E-state index contributed by atoms with van der Waals surface area (Å²) in [6.45, 7) is 6.20. The summed E-state index contributed by atoms with van der Waals surface area (Å²) < 4.78 is 0. The predicted molar refractivity (Wildman–Crippen MR) is 131 cm³/mol. The number of anilines is 3. The summed E-state index contributed by atoms with van der Waals surface area (Å²) in [6.07, 6.45) is 6.11. The molecule has 1 aromatic heterocycles. The van der Waals surface area contributed by atoms with Crippen LogP contribution in [-0.2, 0) is 4.79 Å². The lowest BCUT2D eigenvalue weighted by Gasteiger charge is -2.32. The maximum atomic E-state index is 12.9. The normalized spacial score (nSPS) is 18.0. The molecule has 2 aliphatic heterocycles. The van der Waals surface area contributed by atoms with Crippen LogP contribution in [0.15, 0.2) is 36.9 Å². The number of nitrogens with zero attached hydrogens (tertiary/aromatic N) is 5. The van der Waals surface area contributed by atoms with Crippen molar-refractivity contribution in [3.05, 3.63) is 48.2 Å². The zero-order chi connectivity index (χ0) is 24.8. The lowest BCUT2D eigenvalue weighted by atomic mass is 10.1. The molecular formula is C24H30N8O3. The number of nitrogens with one attached hydrogen (secondary N) is 2. The molecule has 2 saturated heterocycles. The van der Waals surface area contributed by atoms with Crippen molar-refractivity contribution in [2.45, 2.75) is 38.1 Å². The third-order valence-electron chi connectivity index (χ3n) is 6.18. The number of hydrogen-bond donors (Lipinski definition) is 3. The molecule has 11 heteroatoms. The van der Waals surface area contributed by atoms with E-state index >= 15 is 0 Å². The molecule has 1 unspecified atom stereocenters. The molecule has 0 saturated carbocycles. The summed E-state index contributed by atoms with van der Waals surface area (Å²) in [4.78, 5) is 44.8. The SMILES string of the molecule is C=CC(=O)N1CCCC(Nc2nnc(C(N)=O)c(Nc3cccc(C(=O)N4CCCCC4)c3)n2)C1. The van der Waals surface area contributed by atoms with Crippen molar-refractivity contribution >= 4 is 35.2 Å². The summed E-state index contributed by atoms with van der Waals surface area (Å²) in [7, 11) is 0. The van der Waals surface area contributed by atoms with Crippen LogP contribution in [0.1, 0.15) is 53.0 Å². The molecule has 35 heavy (non-hydrogen) atoms. The van der Waals surface area contributed by atoms with Gasteiger partial charge in [-0.25, -0.2) is 0 Å². The molecule has 184 valence electrons. The summed E-state index contributed by atoms with van der Waals surface area (Å²) >= 11 is 0. The monoisotopic (exact) mass is 478 g/mol. The standard InChI is InChI=1S/C24H30N8O3/c1-2-19(33)32-13-7-10-18(15-32)27-24-28-22(20(21(25)34)29-30-24)26-17-9-6-8-16(14-17)23(35)31-11-4-3-5-12-31/h2,6,8-9,14,18H,1,3-5,7,10-13,15H2,(H2,25,34)(H2,26,27,28,30). The van der Waals surface area contributed by atoms with Crippen molar-refractivity contribution in [1.29, 1.82) is 0 Å². The highest BCUT2D eigenvalue weighted by molar-refractivity contribution is 5.97. The van der Waals surface area contributed by atoms with Crippen molar-refractivity contribution < 1.29 is 14.4 Å². The van der Waals surface area contributed by atoms with Gasteiger partial charge in [-0.15, -0.1) is 10.2 Å². The number of carbonyl (C=O) groups is 3. The van der Waals surface area contributed by atoms with Crippen molar-refractivity contribution in [3.63, 3.8) is 0 Å². The van der Waals surface area contributed by atoms with E-state index in [-0.39, 0.29) is 35.3 Å². The minimum Gasteiger partial charge on any atom is -0.364 e. The van der Waals surface area contributed by atoms with Crippen molar-refractivity contribution in [3.8, 4) is 0 Å². The first-order valence-corrected chi connectivity index (χ1v) is 11.8. The Morgan fingerprint density at radius 2 is 1.83 bits per heavy atom. The topological polar surface area (TPSA) is 146 Å². The van der Waals surface area contributed by atoms with Gasteiger partial charge < -0.3 is 26.2 Å². The van der Waals surface area contributed by atoms with Crippen LogP contribution < -0.4 is 16.4 Å². The van der Waals surface area contributed by atoms with E-state index in [1.165, 1.54) is 6.08 Å². The molecule has 2 fully saturated rings. The summed E-state index contributed by atoms with van der Waals surface area (Å²) in [5.74, 6) is -0.591. The minimum atomic E-state index is -0.778. The van der Waals surface area contributed by atoms with Crippen LogP contribution in [0.5, 0.6) is 0 Å². The fourth-order valence-electron chi connectivity index (χ4n) is 4.39. The number of primary amides is 1. The van der Waals surface area contributed by atoms with Gasteiger partial charge in [-0.1, -0.05) is 12.6 Å². The maximum Gasteiger partial charge on any atom is 0.273 e. The van der Waals surface area contributed by atoms with Gasteiger partial charge in [0.1, 0.15) is 0 Å². The van der Waals surface area contributed by atoms with Crippen LogP contribution in [-0.4, -0.2) is 74.9 Å². The maximum absolute atomic E-state index is 12.9. The molecule has 0 spiro atoms. The number of piperidine rings is 2. The first-order chi connectivity index (χ1) is 16.9. The van der Waals surface area contributed by atoms with E-state index in [0.717, 1.165) is 45.2 Å². The van der Waals surface area contributed by atoms with E-state index in [2.05, 4.69) is 32.4 Å². The van der Waals surface area contributed by atoms with Gasteiger partial charge in [0, 0.05) is 43.5 Å². The van der Waals surface area contributed by atoms with Gasteiger partial charge >= 0.3 is 0 Å². The van der Waals surface area contributed by atoms with Gasteiger partial charge in [-0.05, 0) is 56.4 Å². The van der Waals surface area contributed by atoms with Gasteiger partial charge in [-0.3, -0.25) is 14.4 Å². The Kier molecular flexibility index (Phi) is 7.54. The van der Waals surface area contributed by atoms with Crippen molar-refractivity contribution in [2.75, 3.05) is 36.8 Å². The number of amides is 3. The molecule has 0 radical (unpaired) electrons. The van der Waals surface area contributed by atoms with E-state index in [1.807, 2.05) is 4.90 Å². The second-order valence-electron chi connectivity index (χ2n) is 8.73. The van der Waals surface area contributed by atoms with Crippen LogP contribution in [0.4, 0.5) is 17.5 Å². The highest BCUT2D eigenvalue weighted by Crippen LogP contribution is 2.22. The zero-order valence-electron chi connectivity index (χ0n) is 19.6. The van der Waals surface area contributed by atoms with Gasteiger partial charge in [0.15, 0.2) is 11.5 Å². The lowest BCUT2D eigenvalue weighted by Crippen LogP contribution is -2.44. The number of likely N-dealkylation sites (tertiary alicyclic amines) is 2. The molecular weight excluding hydrogens is 448 g/mol. The minimum absolute atomic E-state index is 0.0254. The smallest absolute Gasteiger partial charge is 0.273 e. The molecule has 4 rings (SSSR count). The Bertz CT molecular complexity index is 1120. The number of benzene rings is 1. The van der Waals surface area contributed by atoms with E-state index in [9.17, 15) is 14.4 Å². The van der Waals surface area contributed by atoms with E-state index in [1.54, 1.807) is 29.2 Å². The Morgan fingerprint density at radius 3 is 2.57 bits per heavy atom. The molecule has 3 heterocycles. The molecule has 1 atom stereocenters. The molecule has 2 aromatic rings. The molecule has 0 aliphatic carbocycles.